The summed E-state index contributed by atoms with van der Waals surface area (Å²) in [6.07, 6.45) is 12.9. The Balaban J connectivity index is 2.62. The van der Waals surface area contributed by atoms with Crippen LogP contribution in [0.1, 0.15) is 46.0 Å². The number of carbonyl (C=O) groups excluding carboxylic acids is 1. The summed E-state index contributed by atoms with van der Waals surface area (Å²) < 4.78 is 4.65. The van der Waals surface area contributed by atoms with Crippen LogP contribution in [0.15, 0.2) is 0 Å². The van der Waals surface area contributed by atoms with Gasteiger partial charge in [-0.15, -0.1) is 0 Å². The second-order valence-corrected chi connectivity index (χ2v) is 4.56. The van der Waals surface area contributed by atoms with Crippen molar-refractivity contribution in [3.63, 3.8) is 0 Å². The fourth-order valence-electron chi connectivity index (χ4n) is 2.18. The zero-order chi connectivity index (χ0) is 10.6. The van der Waals surface area contributed by atoms with Crippen molar-refractivity contribution in [2.45, 2.75) is 46.0 Å². The van der Waals surface area contributed by atoms with Crippen LogP contribution in [-0.4, -0.2) is 5.97 Å². The molecule has 0 unspecified atom stereocenters. The van der Waals surface area contributed by atoms with Gasteiger partial charge in [0.25, 0.3) is 0 Å². The highest BCUT2D eigenvalue weighted by Crippen LogP contribution is 2.38. The Morgan fingerprint density at radius 2 is 1.93 bits per heavy atom. The van der Waals surface area contributed by atoms with Crippen molar-refractivity contribution in [2.24, 2.45) is 11.3 Å². The van der Waals surface area contributed by atoms with Crippen LogP contribution in [0.2, 0.25) is 0 Å². The van der Waals surface area contributed by atoms with Crippen molar-refractivity contribution >= 4 is 5.97 Å². The van der Waals surface area contributed by atoms with Gasteiger partial charge in [-0.25, -0.2) is 0 Å². The summed E-state index contributed by atoms with van der Waals surface area (Å²) in [5.41, 5.74) is -0.424. The van der Waals surface area contributed by atoms with E-state index in [9.17, 15) is 4.79 Å². The average molecular weight is 194 g/mol. The van der Waals surface area contributed by atoms with Gasteiger partial charge in [0, 0.05) is 0 Å². The fraction of sp³-hybridized carbons (Fsp3) is 0.750. The summed E-state index contributed by atoms with van der Waals surface area (Å²) in [4.78, 5) is 11.6. The third-order valence-electron chi connectivity index (χ3n) is 3.30. The predicted octanol–water partition coefficient (Wildman–Crippen LogP) is 2.73. The van der Waals surface area contributed by atoms with Gasteiger partial charge in [-0.05, 0) is 32.6 Å². The first kappa shape index (κ1) is 11.1. The van der Waals surface area contributed by atoms with Gasteiger partial charge in [0.1, 0.15) is 6.11 Å². The lowest BCUT2D eigenvalue weighted by molar-refractivity contribution is -0.150. The molecule has 1 saturated carbocycles. The lowest BCUT2D eigenvalue weighted by Gasteiger charge is -2.33. The standard InChI is InChI=1S/C12H18O2/c1-4-14-11(13)12(2,3)10-8-6-5-7-9-10/h1,10H,5-9H2,2-3H3. The molecule has 78 valence electrons. The SMILES string of the molecule is C#COC(=O)C(C)(C)C1CCCCC1. The van der Waals surface area contributed by atoms with E-state index in [-0.39, 0.29) is 5.97 Å². The van der Waals surface area contributed by atoms with E-state index in [1.807, 2.05) is 20.0 Å². The van der Waals surface area contributed by atoms with Crippen molar-refractivity contribution in [3.8, 4) is 12.5 Å². The maximum absolute atomic E-state index is 11.6. The Morgan fingerprint density at radius 3 is 2.43 bits per heavy atom. The second-order valence-electron chi connectivity index (χ2n) is 4.56. The van der Waals surface area contributed by atoms with Crippen LogP contribution >= 0.6 is 0 Å². The number of hydrogen-bond donors (Lipinski definition) is 0. The lowest BCUT2D eigenvalue weighted by atomic mass is 9.71. The smallest absolute Gasteiger partial charge is 0.325 e. The minimum absolute atomic E-state index is 0.257. The maximum Gasteiger partial charge on any atom is 0.325 e. The first-order valence-corrected chi connectivity index (χ1v) is 5.26. The van der Waals surface area contributed by atoms with E-state index in [1.54, 1.807) is 0 Å². The Morgan fingerprint density at radius 1 is 1.36 bits per heavy atom. The molecule has 1 aliphatic carbocycles. The fourth-order valence-corrected chi connectivity index (χ4v) is 2.18. The number of ether oxygens (including phenoxy) is 1. The van der Waals surface area contributed by atoms with E-state index in [0.717, 1.165) is 12.8 Å². The largest absolute Gasteiger partial charge is 0.372 e. The highest BCUT2D eigenvalue weighted by molar-refractivity contribution is 5.77. The molecule has 0 saturated heterocycles. The summed E-state index contributed by atoms with van der Waals surface area (Å²) in [6.45, 7) is 3.87. The Labute approximate surface area is 86.0 Å². The van der Waals surface area contributed by atoms with Crippen LogP contribution in [0.5, 0.6) is 0 Å². The minimum Gasteiger partial charge on any atom is -0.372 e. The van der Waals surface area contributed by atoms with Gasteiger partial charge < -0.3 is 4.74 Å². The summed E-state index contributed by atoms with van der Waals surface area (Å²) >= 11 is 0. The first-order chi connectivity index (χ1) is 6.59. The van der Waals surface area contributed by atoms with Gasteiger partial charge in [0.15, 0.2) is 0 Å². The highest BCUT2D eigenvalue weighted by Gasteiger charge is 2.38. The minimum atomic E-state index is -0.424. The average Bonchev–Trinajstić information content (AvgIpc) is 2.19. The van der Waals surface area contributed by atoms with Gasteiger partial charge in [-0.2, -0.15) is 0 Å². The van der Waals surface area contributed by atoms with Gasteiger partial charge in [-0.3, -0.25) is 4.79 Å². The second kappa shape index (κ2) is 4.50. The van der Waals surface area contributed by atoms with E-state index >= 15 is 0 Å². The molecule has 2 nitrogen and oxygen atoms in total. The molecule has 0 aliphatic heterocycles. The van der Waals surface area contributed by atoms with Crippen LogP contribution in [0, 0.1) is 23.9 Å². The molecule has 0 spiro atoms. The number of terminal acetylenes is 1. The molecule has 0 heterocycles. The molecule has 1 aliphatic rings. The number of carbonyl (C=O) groups is 1. The van der Waals surface area contributed by atoms with Gasteiger partial charge in [-0.1, -0.05) is 25.7 Å². The quantitative estimate of drug-likeness (QED) is 0.499. The molecule has 0 amide bonds. The molecule has 0 aromatic carbocycles. The topological polar surface area (TPSA) is 26.3 Å². The summed E-state index contributed by atoms with van der Waals surface area (Å²) in [6, 6.07) is 0. The molecule has 0 bridgehead atoms. The number of esters is 1. The van der Waals surface area contributed by atoms with E-state index < -0.39 is 5.41 Å². The first-order valence-electron chi connectivity index (χ1n) is 5.26. The van der Waals surface area contributed by atoms with E-state index in [1.165, 1.54) is 19.3 Å². The van der Waals surface area contributed by atoms with Gasteiger partial charge >= 0.3 is 5.97 Å². The van der Waals surface area contributed by atoms with Crippen LogP contribution in [0.25, 0.3) is 0 Å². The summed E-state index contributed by atoms with van der Waals surface area (Å²) in [7, 11) is 0. The van der Waals surface area contributed by atoms with Crippen LogP contribution in [-0.2, 0) is 9.53 Å². The van der Waals surface area contributed by atoms with Gasteiger partial charge in [0.05, 0.1) is 5.41 Å². The number of hydrogen-bond acceptors (Lipinski definition) is 2. The molecule has 14 heavy (non-hydrogen) atoms. The summed E-state index contributed by atoms with van der Waals surface area (Å²) in [5, 5.41) is 0. The van der Waals surface area contributed by atoms with E-state index in [2.05, 4.69) is 4.74 Å². The molecule has 0 radical (unpaired) electrons. The molecule has 0 atom stereocenters. The molecular formula is C12H18O2. The number of rotatable bonds is 2. The Bertz CT molecular complexity index is 242. The Kier molecular flexibility index (Phi) is 3.57. The third kappa shape index (κ3) is 2.29. The monoisotopic (exact) mass is 194 g/mol. The molecule has 0 aromatic heterocycles. The van der Waals surface area contributed by atoms with Crippen LogP contribution < -0.4 is 0 Å². The van der Waals surface area contributed by atoms with E-state index in [4.69, 9.17) is 6.42 Å². The maximum atomic E-state index is 11.6. The molecule has 2 heteroatoms. The lowest BCUT2D eigenvalue weighted by Crippen LogP contribution is -2.35. The summed E-state index contributed by atoms with van der Waals surface area (Å²) in [5.74, 6) is 0.170. The van der Waals surface area contributed by atoms with Crippen molar-refractivity contribution in [2.75, 3.05) is 0 Å². The van der Waals surface area contributed by atoms with Crippen molar-refractivity contribution in [1.82, 2.24) is 0 Å². The van der Waals surface area contributed by atoms with Gasteiger partial charge in [0.2, 0.25) is 0 Å². The van der Waals surface area contributed by atoms with Crippen LogP contribution in [0.3, 0.4) is 0 Å². The van der Waals surface area contributed by atoms with Crippen LogP contribution in [0.4, 0.5) is 0 Å². The van der Waals surface area contributed by atoms with Crippen molar-refractivity contribution in [1.29, 1.82) is 0 Å². The van der Waals surface area contributed by atoms with Crippen molar-refractivity contribution < 1.29 is 9.53 Å². The predicted molar refractivity (Wildman–Crippen MR) is 55.3 cm³/mol. The third-order valence-corrected chi connectivity index (χ3v) is 3.30. The Hall–Kier alpha value is -0.970. The molecule has 1 rings (SSSR count). The molecule has 0 aromatic rings. The normalized spacial score (nSPS) is 18.6. The highest BCUT2D eigenvalue weighted by atomic mass is 16.5. The zero-order valence-corrected chi connectivity index (χ0v) is 9.01. The van der Waals surface area contributed by atoms with E-state index in [0.29, 0.717) is 5.92 Å². The molecule has 0 N–H and O–H groups in total. The zero-order valence-electron chi connectivity index (χ0n) is 9.01. The molecule has 1 fully saturated rings. The molecular weight excluding hydrogens is 176 g/mol. The van der Waals surface area contributed by atoms with Crippen molar-refractivity contribution in [3.05, 3.63) is 0 Å².